The molecule has 15 heavy (non-hydrogen) atoms. The highest BCUT2D eigenvalue weighted by molar-refractivity contribution is 5.34. The zero-order valence-corrected chi connectivity index (χ0v) is 9.03. The maximum absolute atomic E-state index is 6.23. The first-order chi connectivity index (χ1) is 7.23. The molecule has 2 rings (SSSR count). The Morgan fingerprint density at radius 3 is 2.93 bits per heavy atom. The first-order valence-corrected chi connectivity index (χ1v) is 5.22. The largest absolute Gasteiger partial charge is 0.496 e. The summed E-state index contributed by atoms with van der Waals surface area (Å²) in [5.74, 6) is 0.911. The maximum atomic E-state index is 6.23. The highest BCUT2D eigenvalue weighted by atomic mass is 16.5. The van der Waals surface area contributed by atoms with Gasteiger partial charge in [-0.3, -0.25) is 0 Å². The van der Waals surface area contributed by atoms with Gasteiger partial charge in [0.2, 0.25) is 0 Å². The number of benzene rings is 1. The highest BCUT2D eigenvalue weighted by Gasteiger charge is 2.31. The summed E-state index contributed by atoms with van der Waals surface area (Å²) in [4.78, 5) is 0. The van der Waals surface area contributed by atoms with E-state index in [-0.39, 0.29) is 5.54 Å². The first-order valence-electron chi connectivity index (χ1n) is 5.22. The third-order valence-corrected chi connectivity index (χ3v) is 2.87. The Balaban J connectivity index is 2.16. The summed E-state index contributed by atoms with van der Waals surface area (Å²) in [7, 11) is 1.69. The summed E-state index contributed by atoms with van der Waals surface area (Å²) in [5, 5.41) is 0. The molecular formula is C12H17NO2. The van der Waals surface area contributed by atoms with Crippen LogP contribution >= 0.6 is 0 Å². The molecular weight excluding hydrogens is 190 g/mol. The molecule has 0 spiro atoms. The van der Waals surface area contributed by atoms with Crippen LogP contribution in [0.3, 0.4) is 0 Å². The summed E-state index contributed by atoms with van der Waals surface area (Å²) in [5.41, 5.74) is 7.18. The van der Waals surface area contributed by atoms with Crippen molar-refractivity contribution in [3.63, 3.8) is 0 Å². The monoisotopic (exact) mass is 207 g/mol. The minimum absolute atomic E-state index is 0.214. The summed E-state index contributed by atoms with van der Waals surface area (Å²) in [6.07, 6.45) is 1.74. The molecule has 82 valence electrons. The lowest BCUT2D eigenvalue weighted by molar-refractivity contribution is 0.178. The van der Waals surface area contributed by atoms with E-state index >= 15 is 0 Å². The molecule has 3 heteroatoms. The van der Waals surface area contributed by atoms with E-state index in [4.69, 9.17) is 15.2 Å². The lowest BCUT2D eigenvalue weighted by atomic mass is 9.91. The predicted octanol–water partition coefficient (Wildman–Crippen LogP) is 1.36. The van der Waals surface area contributed by atoms with Crippen LogP contribution in [0.4, 0.5) is 0 Å². The Labute approximate surface area is 90.2 Å². The van der Waals surface area contributed by atoms with Gasteiger partial charge in [-0.25, -0.2) is 0 Å². The molecule has 0 amide bonds. The fourth-order valence-electron chi connectivity index (χ4n) is 1.99. The van der Waals surface area contributed by atoms with Crippen LogP contribution in [0.1, 0.15) is 12.0 Å². The van der Waals surface area contributed by atoms with Crippen molar-refractivity contribution in [3.8, 4) is 5.75 Å². The molecule has 1 unspecified atom stereocenters. The van der Waals surface area contributed by atoms with Gasteiger partial charge in [-0.1, -0.05) is 18.2 Å². The SMILES string of the molecule is COc1ccccc1CC1(N)CCOC1. The molecule has 0 saturated carbocycles. The highest BCUT2D eigenvalue weighted by Crippen LogP contribution is 2.26. The van der Waals surface area contributed by atoms with Gasteiger partial charge in [0.05, 0.1) is 13.7 Å². The average molecular weight is 207 g/mol. The van der Waals surface area contributed by atoms with Crippen LogP contribution in [0, 0.1) is 0 Å². The third-order valence-electron chi connectivity index (χ3n) is 2.87. The summed E-state index contributed by atoms with van der Waals surface area (Å²) >= 11 is 0. The molecule has 2 N–H and O–H groups in total. The van der Waals surface area contributed by atoms with Crippen LogP contribution in [0.25, 0.3) is 0 Å². The molecule has 1 atom stereocenters. The zero-order valence-electron chi connectivity index (χ0n) is 9.03. The number of methoxy groups -OCH3 is 1. The molecule has 1 aromatic carbocycles. The number of hydrogen-bond acceptors (Lipinski definition) is 3. The topological polar surface area (TPSA) is 44.5 Å². The molecule has 1 aromatic rings. The van der Waals surface area contributed by atoms with E-state index in [0.717, 1.165) is 30.8 Å². The quantitative estimate of drug-likeness (QED) is 0.813. The van der Waals surface area contributed by atoms with Gasteiger partial charge in [0, 0.05) is 12.1 Å². The lowest BCUT2D eigenvalue weighted by Gasteiger charge is -2.22. The van der Waals surface area contributed by atoms with Gasteiger partial charge in [0.25, 0.3) is 0 Å². The Bertz CT molecular complexity index is 332. The van der Waals surface area contributed by atoms with Gasteiger partial charge in [-0.05, 0) is 24.5 Å². The third kappa shape index (κ3) is 2.30. The van der Waals surface area contributed by atoms with E-state index in [9.17, 15) is 0 Å². The first kappa shape index (κ1) is 10.5. The van der Waals surface area contributed by atoms with Gasteiger partial charge in [0.15, 0.2) is 0 Å². The van der Waals surface area contributed by atoms with Crippen LogP contribution < -0.4 is 10.5 Å². The van der Waals surface area contributed by atoms with Crippen molar-refractivity contribution < 1.29 is 9.47 Å². The number of hydrogen-bond donors (Lipinski definition) is 1. The number of ether oxygens (including phenoxy) is 2. The van der Waals surface area contributed by atoms with E-state index in [0.29, 0.717) is 6.61 Å². The zero-order chi connectivity index (χ0) is 10.7. The average Bonchev–Trinajstić information content (AvgIpc) is 2.66. The van der Waals surface area contributed by atoms with Crippen molar-refractivity contribution in [2.45, 2.75) is 18.4 Å². The molecule has 1 saturated heterocycles. The molecule has 1 aliphatic heterocycles. The Hall–Kier alpha value is -1.06. The van der Waals surface area contributed by atoms with E-state index in [1.54, 1.807) is 7.11 Å². The second-order valence-electron chi connectivity index (χ2n) is 4.15. The minimum atomic E-state index is -0.214. The molecule has 1 heterocycles. The smallest absolute Gasteiger partial charge is 0.122 e. The fraction of sp³-hybridized carbons (Fsp3) is 0.500. The standard InChI is InChI=1S/C12H17NO2/c1-14-11-5-3-2-4-10(11)8-12(13)6-7-15-9-12/h2-5H,6-9,13H2,1H3. The van der Waals surface area contributed by atoms with E-state index in [2.05, 4.69) is 6.07 Å². The lowest BCUT2D eigenvalue weighted by Crippen LogP contribution is -2.42. The van der Waals surface area contributed by atoms with Crippen LogP contribution in [0.2, 0.25) is 0 Å². The summed E-state index contributed by atoms with van der Waals surface area (Å²) in [6.45, 7) is 1.41. The number of rotatable bonds is 3. The van der Waals surface area contributed by atoms with Crippen molar-refractivity contribution in [3.05, 3.63) is 29.8 Å². The second kappa shape index (κ2) is 4.21. The molecule has 0 radical (unpaired) electrons. The molecule has 0 bridgehead atoms. The van der Waals surface area contributed by atoms with Crippen LogP contribution in [0.15, 0.2) is 24.3 Å². The number of para-hydroxylation sites is 1. The second-order valence-corrected chi connectivity index (χ2v) is 4.15. The van der Waals surface area contributed by atoms with Crippen molar-refractivity contribution in [1.29, 1.82) is 0 Å². The Morgan fingerprint density at radius 2 is 2.27 bits per heavy atom. The van der Waals surface area contributed by atoms with Gasteiger partial charge in [-0.15, -0.1) is 0 Å². The van der Waals surface area contributed by atoms with Gasteiger partial charge < -0.3 is 15.2 Å². The van der Waals surface area contributed by atoms with Crippen LogP contribution in [0.5, 0.6) is 5.75 Å². The van der Waals surface area contributed by atoms with E-state index in [1.807, 2.05) is 18.2 Å². The summed E-state index contributed by atoms with van der Waals surface area (Å²) in [6, 6.07) is 8.01. The Kier molecular flexibility index (Phi) is 2.93. The molecule has 3 nitrogen and oxygen atoms in total. The van der Waals surface area contributed by atoms with Crippen LogP contribution in [-0.4, -0.2) is 25.9 Å². The molecule has 1 aliphatic rings. The van der Waals surface area contributed by atoms with Crippen molar-refractivity contribution in [1.82, 2.24) is 0 Å². The predicted molar refractivity (Wildman–Crippen MR) is 59.1 cm³/mol. The number of nitrogens with two attached hydrogens (primary N) is 1. The van der Waals surface area contributed by atoms with Crippen molar-refractivity contribution in [2.24, 2.45) is 5.73 Å². The maximum Gasteiger partial charge on any atom is 0.122 e. The van der Waals surface area contributed by atoms with E-state index < -0.39 is 0 Å². The normalized spacial score (nSPS) is 25.5. The van der Waals surface area contributed by atoms with Gasteiger partial charge >= 0.3 is 0 Å². The Morgan fingerprint density at radius 1 is 1.47 bits per heavy atom. The molecule has 0 aromatic heterocycles. The van der Waals surface area contributed by atoms with E-state index in [1.165, 1.54) is 0 Å². The van der Waals surface area contributed by atoms with Gasteiger partial charge in [-0.2, -0.15) is 0 Å². The molecule has 1 fully saturated rings. The van der Waals surface area contributed by atoms with Crippen molar-refractivity contribution in [2.75, 3.05) is 20.3 Å². The van der Waals surface area contributed by atoms with Crippen LogP contribution in [-0.2, 0) is 11.2 Å². The molecule has 0 aliphatic carbocycles. The van der Waals surface area contributed by atoms with Crippen molar-refractivity contribution >= 4 is 0 Å². The van der Waals surface area contributed by atoms with Gasteiger partial charge in [0.1, 0.15) is 5.75 Å². The fourth-order valence-corrected chi connectivity index (χ4v) is 1.99. The summed E-state index contributed by atoms with van der Waals surface area (Å²) < 4.78 is 10.6. The minimum Gasteiger partial charge on any atom is -0.496 e.